The highest BCUT2D eigenvalue weighted by Gasteiger charge is 2.55. The second-order valence-electron chi connectivity index (χ2n) is 14.6. The van der Waals surface area contributed by atoms with Gasteiger partial charge in [-0.25, -0.2) is 4.79 Å². The Labute approximate surface area is 335 Å². The van der Waals surface area contributed by atoms with Gasteiger partial charge in [-0.1, -0.05) is 56.0 Å². The van der Waals surface area contributed by atoms with Gasteiger partial charge in [0.2, 0.25) is 5.91 Å². The lowest BCUT2D eigenvalue weighted by Gasteiger charge is -2.50. The van der Waals surface area contributed by atoms with Gasteiger partial charge in [-0.05, 0) is 25.3 Å². The van der Waals surface area contributed by atoms with E-state index in [1.807, 2.05) is 0 Å². The maximum Gasteiger partial charge on any atom is 0.337 e. The molecule has 3 heterocycles. The Kier molecular flexibility index (Phi) is 19.1. The average molecular weight is 834 g/mol. The van der Waals surface area contributed by atoms with E-state index in [-0.39, 0.29) is 18.1 Å². The molecule has 58 heavy (non-hydrogen) atoms. The number of amides is 1. The van der Waals surface area contributed by atoms with E-state index in [1.165, 1.54) is 33.1 Å². The summed E-state index contributed by atoms with van der Waals surface area (Å²) in [6.45, 7) is 1.13. The number of carbonyl (C=O) groups excluding carboxylic acids is 2. The first-order chi connectivity index (χ1) is 27.7. The first kappa shape index (κ1) is 47.7. The van der Waals surface area contributed by atoms with E-state index in [2.05, 4.69) is 10.1 Å². The van der Waals surface area contributed by atoms with Crippen LogP contribution in [0.15, 0.2) is 30.3 Å². The van der Waals surface area contributed by atoms with Gasteiger partial charge in [-0.15, -0.1) is 0 Å². The maximum atomic E-state index is 12.7. The van der Waals surface area contributed by atoms with Crippen molar-refractivity contribution in [3.05, 3.63) is 35.9 Å². The summed E-state index contributed by atoms with van der Waals surface area (Å²) in [6.07, 6.45) is -19.1. The zero-order valence-electron chi connectivity index (χ0n) is 32.8. The van der Waals surface area contributed by atoms with Gasteiger partial charge < -0.3 is 84.1 Å². The molecule has 3 saturated heterocycles. The topological polar surface area (TPSA) is 299 Å². The Morgan fingerprint density at radius 3 is 1.95 bits per heavy atom. The van der Waals surface area contributed by atoms with Crippen LogP contribution in [0.2, 0.25) is 0 Å². The molecule has 9 N–H and O–H groups in total. The van der Waals surface area contributed by atoms with Crippen molar-refractivity contribution in [3.63, 3.8) is 0 Å². The van der Waals surface area contributed by atoms with Crippen molar-refractivity contribution >= 4 is 17.8 Å². The molecule has 3 fully saturated rings. The molecule has 0 radical (unpaired) electrons. The third kappa shape index (κ3) is 12.6. The van der Waals surface area contributed by atoms with E-state index in [0.717, 1.165) is 25.7 Å². The zero-order valence-corrected chi connectivity index (χ0v) is 32.8. The zero-order chi connectivity index (χ0) is 42.5. The minimum atomic E-state index is -1.95. The molecule has 16 atom stereocenters. The van der Waals surface area contributed by atoms with E-state index in [1.54, 1.807) is 18.2 Å². The van der Waals surface area contributed by atoms with Crippen LogP contribution in [0.5, 0.6) is 0 Å². The second kappa shape index (κ2) is 23.2. The van der Waals surface area contributed by atoms with Gasteiger partial charge in [-0.3, -0.25) is 9.59 Å². The summed E-state index contributed by atoms with van der Waals surface area (Å²) >= 11 is 0. The van der Waals surface area contributed by atoms with Gasteiger partial charge in [0.1, 0.15) is 67.1 Å². The number of aliphatic hydroxyl groups excluding tert-OH is 7. The Bertz CT molecular complexity index is 1410. The summed E-state index contributed by atoms with van der Waals surface area (Å²) in [5.41, 5.74) is 0.181. The number of aliphatic carboxylic acids is 1. The third-order valence-electron chi connectivity index (χ3n) is 10.3. The highest BCUT2D eigenvalue weighted by molar-refractivity contribution is 5.74. The second-order valence-corrected chi connectivity index (χ2v) is 14.6. The lowest BCUT2D eigenvalue weighted by molar-refractivity contribution is -0.375. The van der Waals surface area contributed by atoms with E-state index in [0.29, 0.717) is 19.3 Å². The lowest BCUT2D eigenvalue weighted by atomic mass is 9.94. The van der Waals surface area contributed by atoms with E-state index in [9.17, 15) is 55.2 Å². The van der Waals surface area contributed by atoms with Crippen LogP contribution in [0.1, 0.15) is 70.5 Å². The highest BCUT2D eigenvalue weighted by Crippen LogP contribution is 2.35. The number of rotatable bonds is 21. The number of carbonyl (C=O) groups is 3. The number of benzene rings is 1. The molecule has 3 aliphatic heterocycles. The molecule has 20 nitrogen and oxygen atoms in total. The Balaban J connectivity index is 1.59. The number of hydrogen-bond acceptors (Lipinski definition) is 18. The van der Waals surface area contributed by atoms with Crippen molar-refractivity contribution in [1.82, 2.24) is 5.32 Å². The number of unbranched alkanes of at least 4 members (excludes halogenated alkanes) is 5. The summed E-state index contributed by atoms with van der Waals surface area (Å²) < 4.78 is 46.5. The Hall–Kier alpha value is -2.93. The molecule has 20 heteroatoms. The Morgan fingerprint density at radius 2 is 1.33 bits per heavy atom. The third-order valence-corrected chi connectivity index (χ3v) is 10.3. The van der Waals surface area contributed by atoms with Crippen LogP contribution in [0, 0.1) is 0 Å². The van der Waals surface area contributed by atoms with Crippen LogP contribution in [-0.2, 0) is 52.3 Å². The first-order valence-electron chi connectivity index (χ1n) is 19.5. The molecule has 1 amide bonds. The van der Waals surface area contributed by atoms with Gasteiger partial charge >= 0.3 is 11.9 Å². The van der Waals surface area contributed by atoms with Crippen LogP contribution in [0.4, 0.5) is 0 Å². The highest BCUT2D eigenvalue weighted by atomic mass is 16.8. The van der Waals surface area contributed by atoms with Crippen molar-refractivity contribution in [2.45, 2.75) is 157 Å². The fourth-order valence-electron chi connectivity index (χ4n) is 7.11. The molecule has 0 unspecified atom stereocenters. The van der Waals surface area contributed by atoms with Crippen LogP contribution in [-0.4, -0.2) is 178 Å². The number of carboxylic acid groups (broad SMARTS) is 1. The predicted molar refractivity (Wildman–Crippen MR) is 195 cm³/mol. The summed E-state index contributed by atoms with van der Waals surface area (Å²) in [5.74, 6) is -2.30. The molecule has 0 bridgehead atoms. The summed E-state index contributed by atoms with van der Waals surface area (Å²) in [5, 5.41) is 88.0. The van der Waals surface area contributed by atoms with Crippen molar-refractivity contribution in [2.24, 2.45) is 0 Å². The molecule has 0 aromatic heterocycles. The fraction of sp³-hybridized carbons (Fsp3) is 0.763. The van der Waals surface area contributed by atoms with E-state index in [4.69, 9.17) is 33.2 Å². The van der Waals surface area contributed by atoms with Crippen molar-refractivity contribution in [3.8, 4) is 0 Å². The number of aliphatic hydroxyl groups is 7. The van der Waals surface area contributed by atoms with E-state index >= 15 is 0 Å². The minimum absolute atomic E-state index is 0.121. The standard InChI is InChI=1S/C38H59NO19/c1-19-26(44)28(46)29(47)37(53-19)58-33-25(39-20(2)42)36(52-16-12-7-5-4-6-11-15-24(43)51-3)55-23(18-41)32(33)57-38-30(48)34(27(45)22(17-40)54-38)56-31(35(49)50)21-13-9-8-10-14-21/h8-10,13-14,19,22-23,25-34,36-38,40-41,44-48H,4-7,11-12,15-18H2,1-3H3,(H,39,42)(H,49,50)/t19-,22+,23+,25+,26+,27-,28+,29-,30+,31+,32+,33+,34-,36+,37-,38-/m0/s1. The smallest absolute Gasteiger partial charge is 0.337 e. The van der Waals surface area contributed by atoms with Gasteiger partial charge in [0.05, 0.1) is 26.4 Å². The number of methoxy groups -OCH3 is 1. The first-order valence-corrected chi connectivity index (χ1v) is 19.5. The predicted octanol–water partition coefficient (Wildman–Crippen LogP) is -1.62. The number of hydrogen-bond donors (Lipinski definition) is 9. The van der Waals surface area contributed by atoms with Gasteiger partial charge in [0.15, 0.2) is 25.0 Å². The molecule has 0 spiro atoms. The van der Waals surface area contributed by atoms with Gasteiger partial charge in [0.25, 0.3) is 0 Å². The SMILES string of the molecule is COC(=O)CCCCCCCCO[C@@H]1O[C@H](CO)[C@@H](O[C@@H]2O[C@H](CO)[C@H](O)[C@H](O[C@@H](C(=O)O)c3ccccc3)[C@H]2O)[C@H](O[C@@H]2O[C@@H](C)[C@@H](O)[C@@H](O)[C@@H]2O)[C@H]1NC(C)=O. The minimum Gasteiger partial charge on any atom is -0.479 e. The number of ether oxygens (including phenoxy) is 8. The van der Waals surface area contributed by atoms with Crippen LogP contribution < -0.4 is 5.32 Å². The Morgan fingerprint density at radius 1 is 0.724 bits per heavy atom. The van der Waals surface area contributed by atoms with E-state index < -0.39 is 123 Å². The summed E-state index contributed by atoms with van der Waals surface area (Å²) in [6, 6.07) is 6.44. The monoisotopic (exact) mass is 833 g/mol. The average Bonchev–Trinajstić information content (AvgIpc) is 3.20. The fourth-order valence-corrected chi connectivity index (χ4v) is 7.11. The molecule has 0 aliphatic carbocycles. The maximum absolute atomic E-state index is 12.7. The quantitative estimate of drug-likeness (QED) is 0.0497. The molecule has 330 valence electrons. The molecular weight excluding hydrogens is 774 g/mol. The normalized spacial score (nSPS) is 35.9. The van der Waals surface area contributed by atoms with Gasteiger partial charge in [0, 0.05) is 20.0 Å². The van der Waals surface area contributed by atoms with Crippen LogP contribution in [0.3, 0.4) is 0 Å². The van der Waals surface area contributed by atoms with Crippen LogP contribution >= 0.6 is 0 Å². The number of carboxylic acids is 1. The van der Waals surface area contributed by atoms with Gasteiger partial charge in [-0.2, -0.15) is 0 Å². The molecule has 4 rings (SSSR count). The summed E-state index contributed by atoms with van der Waals surface area (Å²) in [7, 11) is 1.34. The number of esters is 1. The van der Waals surface area contributed by atoms with Crippen LogP contribution in [0.25, 0.3) is 0 Å². The van der Waals surface area contributed by atoms with Crippen molar-refractivity contribution < 1.29 is 93.1 Å². The molecular formula is C38H59NO19. The summed E-state index contributed by atoms with van der Waals surface area (Å²) in [4.78, 5) is 36.3. The molecule has 1 aromatic carbocycles. The molecule has 3 aliphatic rings. The van der Waals surface area contributed by atoms with Crippen molar-refractivity contribution in [2.75, 3.05) is 26.9 Å². The lowest BCUT2D eigenvalue weighted by Crippen LogP contribution is -2.70. The molecule has 1 aromatic rings. The number of nitrogens with one attached hydrogen (secondary N) is 1. The largest absolute Gasteiger partial charge is 0.479 e. The molecule has 0 saturated carbocycles. The van der Waals surface area contributed by atoms with Crippen molar-refractivity contribution in [1.29, 1.82) is 0 Å².